The van der Waals surface area contributed by atoms with E-state index in [2.05, 4.69) is 26.0 Å². The van der Waals surface area contributed by atoms with Gasteiger partial charge in [-0.2, -0.15) is 0 Å². The minimum atomic E-state index is 0. The number of rotatable bonds is 1. The molecule has 0 atom stereocenters. The van der Waals surface area contributed by atoms with Gasteiger partial charge in [-0.05, 0) is 19.4 Å². The van der Waals surface area contributed by atoms with Crippen molar-refractivity contribution < 1.29 is 58.2 Å². The van der Waals surface area contributed by atoms with Gasteiger partial charge >= 0.3 is 58.2 Å². The topological polar surface area (TPSA) is 23.8 Å². The summed E-state index contributed by atoms with van der Waals surface area (Å²) < 4.78 is 0. The Bertz CT molecular complexity index is 233. The molecule has 0 unspecified atom stereocenters. The summed E-state index contributed by atoms with van der Waals surface area (Å²) in [5.41, 5.74) is 10.8. The molecular weight excluding hydrogens is 208 g/mol. The van der Waals surface area contributed by atoms with Crippen molar-refractivity contribution in [2.75, 3.05) is 0 Å². The number of hydrogen-bond acceptors (Lipinski definition) is 0. The Morgan fingerprint density at radius 3 is 2.36 bits per heavy atom. The van der Waals surface area contributed by atoms with E-state index < -0.39 is 0 Å². The summed E-state index contributed by atoms with van der Waals surface area (Å²) in [6, 6.07) is 6.19. The van der Waals surface area contributed by atoms with Gasteiger partial charge in [0.15, 0.2) is 0 Å². The second-order valence-corrected chi connectivity index (χ2v) is 2.61. The Labute approximate surface area is 117 Å². The fourth-order valence-corrected chi connectivity index (χ4v) is 1.04. The maximum atomic E-state index is 7.16. The van der Waals surface area contributed by atoms with Crippen molar-refractivity contribution in [3.05, 3.63) is 40.6 Å². The van der Waals surface area contributed by atoms with E-state index in [1.807, 2.05) is 6.07 Å². The molecule has 1 nitrogen and oxygen atoms in total. The van der Waals surface area contributed by atoms with E-state index in [9.17, 15) is 0 Å². The molecule has 0 aliphatic rings. The number of hydrogen-bond donors (Lipinski definition) is 0. The molecule has 0 spiro atoms. The van der Waals surface area contributed by atoms with E-state index in [4.69, 9.17) is 5.73 Å². The summed E-state index contributed by atoms with van der Waals surface area (Å²) in [6.07, 6.45) is 0. The van der Waals surface area contributed by atoms with Gasteiger partial charge in [0.1, 0.15) is 0 Å². The maximum absolute atomic E-state index is 7.16. The molecule has 1 N–H and O–H groups in total. The van der Waals surface area contributed by atoms with E-state index in [0.29, 0.717) is 6.54 Å². The third kappa shape index (κ3) is 3.47. The Morgan fingerprint density at radius 1 is 1.27 bits per heavy atom. The molecule has 11 heavy (non-hydrogen) atoms. The number of benzene rings is 1. The first-order chi connectivity index (χ1) is 4.74. The maximum Gasteiger partial charge on any atom is 1.00 e. The van der Waals surface area contributed by atoms with E-state index in [1.54, 1.807) is 0 Å². The zero-order valence-electron chi connectivity index (χ0n) is 7.44. The third-order valence-corrected chi connectivity index (χ3v) is 1.69. The molecule has 0 bridgehead atoms. The van der Waals surface area contributed by atoms with Crippen molar-refractivity contribution in [1.82, 2.24) is 0 Å². The van der Waals surface area contributed by atoms with Crippen LogP contribution in [0.1, 0.15) is 16.7 Å². The van der Waals surface area contributed by atoms with Crippen molar-refractivity contribution in [2.24, 2.45) is 0 Å². The zero-order chi connectivity index (χ0) is 7.56. The second-order valence-electron chi connectivity index (χ2n) is 2.61. The van der Waals surface area contributed by atoms with Crippen molar-refractivity contribution in [1.29, 1.82) is 0 Å². The smallest absolute Gasteiger partial charge is 0.674 e. The van der Waals surface area contributed by atoms with Gasteiger partial charge in [0.05, 0.1) is 0 Å². The Morgan fingerprint density at radius 2 is 1.91 bits per heavy atom. The van der Waals surface area contributed by atoms with Crippen LogP contribution in [-0.4, -0.2) is 0 Å². The van der Waals surface area contributed by atoms with Gasteiger partial charge in [-0.25, -0.2) is 0 Å². The van der Waals surface area contributed by atoms with Crippen LogP contribution < -0.4 is 58.2 Å². The molecule has 1 rings (SSSR count). The molecule has 1 aromatic carbocycles. The van der Waals surface area contributed by atoms with Crippen LogP contribution in [0.4, 0.5) is 0 Å². The van der Waals surface area contributed by atoms with E-state index in [0.717, 1.165) is 5.56 Å². The Kier molecular flexibility index (Phi) is 6.10. The van der Waals surface area contributed by atoms with Crippen molar-refractivity contribution in [3.8, 4) is 0 Å². The van der Waals surface area contributed by atoms with Gasteiger partial charge in [-0.15, -0.1) is 6.54 Å². The van der Waals surface area contributed by atoms with Crippen LogP contribution in [0, 0.1) is 13.8 Å². The minimum absolute atomic E-state index is 0. The molecule has 0 saturated heterocycles. The molecular formula is C9H12NRb. The molecule has 0 aliphatic carbocycles. The second kappa shape index (κ2) is 5.60. The standard InChI is InChI=1S/C9H12N.Rb/c1-7-3-4-9(6-10)8(2)5-7;/h3-5,10H,6H2,1-2H3;/q-1;+1. The van der Waals surface area contributed by atoms with Crippen LogP contribution in [0.2, 0.25) is 0 Å². The first-order valence-corrected chi connectivity index (χ1v) is 3.45. The van der Waals surface area contributed by atoms with Gasteiger partial charge in [0.25, 0.3) is 0 Å². The van der Waals surface area contributed by atoms with Crippen LogP contribution >= 0.6 is 0 Å². The molecule has 0 saturated carbocycles. The molecule has 0 amide bonds. The quantitative estimate of drug-likeness (QED) is 0.628. The SMILES string of the molecule is Cc1ccc(C[NH-])c(C)c1.[Rb+]. The summed E-state index contributed by atoms with van der Waals surface area (Å²) in [4.78, 5) is 0. The average molecular weight is 220 g/mol. The zero-order valence-corrected chi connectivity index (χ0v) is 12.4. The van der Waals surface area contributed by atoms with Crippen molar-refractivity contribution in [2.45, 2.75) is 20.4 Å². The summed E-state index contributed by atoms with van der Waals surface area (Å²) in [7, 11) is 0. The van der Waals surface area contributed by atoms with Gasteiger partial charge in [0.2, 0.25) is 0 Å². The molecule has 54 valence electrons. The van der Waals surface area contributed by atoms with Crippen molar-refractivity contribution in [3.63, 3.8) is 0 Å². The number of aryl methyl sites for hydroxylation is 2. The first kappa shape index (κ1) is 12.0. The average Bonchev–Trinajstić information content (AvgIpc) is 1.88. The predicted octanol–water partition coefficient (Wildman–Crippen LogP) is -0.140. The van der Waals surface area contributed by atoms with Crippen LogP contribution in [0.25, 0.3) is 5.73 Å². The molecule has 0 heterocycles. The predicted molar refractivity (Wildman–Crippen MR) is 43.9 cm³/mol. The van der Waals surface area contributed by atoms with Crippen LogP contribution in [0.5, 0.6) is 0 Å². The normalized spacial score (nSPS) is 9.00. The molecule has 0 fully saturated rings. The van der Waals surface area contributed by atoms with Crippen molar-refractivity contribution >= 4 is 0 Å². The summed E-state index contributed by atoms with van der Waals surface area (Å²) >= 11 is 0. The fraction of sp³-hybridized carbons (Fsp3) is 0.333. The molecule has 0 aliphatic heterocycles. The molecule has 1 aromatic rings. The largest absolute Gasteiger partial charge is 1.00 e. The first-order valence-electron chi connectivity index (χ1n) is 3.45. The molecule has 2 heteroatoms. The van der Waals surface area contributed by atoms with E-state index in [-0.39, 0.29) is 58.2 Å². The fourth-order valence-electron chi connectivity index (χ4n) is 1.04. The van der Waals surface area contributed by atoms with Crippen LogP contribution in [0.3, 0.4) is 0 Å². The van der Waals surface area contributed by atoms with Crippen LogP contribution in [0.15, 0.2) is 18.2 Å². The van der Waals surface area contributed by atoms with Gasteiger partial charge < -0.3 is 5.73 Å². The van der Waals surface area contributed by atoms with E-state index in [1.165, 1.54) is 11.1 Å². The monoisotopic (exact) mass is 219 g/mol. The summed E-state index contributed by atoms with van der Waals surface area (Å²) in [5.74, 6) is 0. The van der Waals surface area contributed by atoms with Gasteiger partial charge in [-0.1, -0.05) is 29.3 Å². The molecule has 0 radical (unpaired) electrons. The van der Waals surface area contributed by atoms with Crippen LogP contribution in [-0.2, 0) is 6.54 Å². The Hall–Kier alpha value is 0.985. The minimum Gasteiger partial charge on any atom is -0.674 e. The third-order valence-electron chi connectivity index (χ3n) is 1.69. The van der Waals surface area contributed by atoms with Gasteiger partial charge in [-0.3, -0.25) is 0 Å². The Balaban J connectivity index is 0.000001000. The molecule has 0 aromatic heterocycles. The van der Waals surface area contributed by atoms with E-state index >= 15 is 0 Å². The van der Waals surface area contributed by atoms with Gasteiger partial charge in [0, 0.05) is 0 Å². The number of nitrogens with one attached hydrogen (secondary N) is 1. The summed E-state index contributed by atoms with van der Waals surface area (Å²) in [6.45, 7) is 4.52. The summed E-state index contributed by atoms with van der Waals surface area (Å²) in [5, 5.41) is 0.